The molecule has 232 valence electrons. The van der Waals surface area contributed by atoms with E-state index in [-0.39, 0.29) is 5.91 Å². The topological polar surface area (TPSA) is 104 Å². The molecule has 0 aliphatic carbocycles. The van der Waals surface area contributed by atoms with Crippen LogP contribution in [0.2, 0.25) is 18.1 Å². The second kappa shape index (κ2) is 15.8. The Morgan fingerprint density at radius 3 is 2.00 bits per heavy atom. The Hall–Kier alpha value is -3.49. The number of nitrogens with two attached hydrogens (primary N) is 1. The SMILES string of the molecule is CC[Si](CC)(CC)O[C@@H](C[C@H](Cc1ccc(-c2ccccn2)cc1)C(N)=O)[C@H](Cc1ccccc1)NC(=O)OC(C)(C)C. The van der Waals surface area contributed by atoms with Crippen LogP contribution < -0.4 is 11.1 Å². The van der Waals surface area contributed by atoms with E-state index < -0.39 is 38.1 Å². The van der Waals surface area contributed by atoms with Gasteiger partial charge in [-0.2, -0.15) is 0 Å². The molecule has 1 aromatic heterocycles. The number of hydrogen-bond donors (Lipinski definition) is 2. The number of pyridine rings is 1. The summed E-state index contributed by atoms with van der Waals surface area (Å²) in [6, 6.07) is 26.4. The molecule has 2 amide bonds. The van der Waals surface area contributed by atoms with Gasteiger partial charge >= 0.3 is 6.09 Å². The first-order valence-corrected chi connectivity index (χ1v) is 18.0. The fourth-order valence-corrected chi connectivity index (χ4v) is 8.33. The van der Waals surface area contributed by atoms with Crippen LogP contribution in [0.3, 0.4) is 0 Å². The zero-order valence-corrected chi connectivity index (χ0v) is 27.6. The molecule has 3 rings (SSSR count). The maximum Gasteiger partial charge on any atom is 0.407 e. The third-order valence-electron chi connectivity index (χ3n) is 8.10. The van der Waals surface area contributed by atoms with Gasteiger partial charge in [0.2, 0.25) is 5.91 Å². The van der Waals surface area contributed by atoms with Gasteiger partial charge in [0.15, 0.2) is 8.32 Å². The lowest BCUT2D eigenvalue weighted by molar-refractivity contribution is -0.122. The minimum atomic E-state index is -2.15. The van der Waals surface area contributed by atoms with E-state index in [0.717, 1.165) is 40.5 Å². The lowest BCUT2D eigenvalue weighted by atomic mass is 9.88. The highest BCUT2D eigenvalue weighted by Crippen LogP contribution is 2.29. The number of carbonyl (C=O) groups is 2. The van der Waals surface area contributed by atoms with E-state index in [1.54, 1.807) is 6.20 Å². The minimum Gasteiger partial charge on any atom is -0.444 e. The van der Waals surface area contributed by atoms with Crippen LogP contribution in [0.4, 0.5) is 4.79 Å². The van der Waals surface area contributed by atoms with Crippen molar-refractivity contribution < 1.29 is 18.8 Å². The first-order valence-electron chi connectivity index (χ1n) is 15.5. The van der Waals surface area contributed by atoms with Gasteiger partial charge in [0.05, 0.1) is 17.8 Å². The third kappa shape index (κ3) is 10.6. The first-order chi connectivity index (χ1) is 20.5. The van der Waals surface area contributed by atoms with Crippen LogP contribution in [0.1, 0.15) is 59.1 Å². The van der Waals surface area contributed by atoms with E-state index in [1.807, 2.05) is 93.6 Å². The summed E-state index contributed by atoms with van der Waals surface area (Å²) >= 11 is 0. The molecule has 1 heterocycles. The van der Waals surface area contributed by atoms with Crippen molar-refractivity contribution in [2.45, 2.75) is 96.7 Å². The first kappa shape index (κ1) is 34.0. The number of aromatic nitrogens is 1. The number of carbonyl (C=O) groups excluding carboxylic acids is 2. The molecule has 0 unspecified atom stereocenters. The highest BCUT2D eigenvalue weighted by molar-refractivity contribution is 6.73. The second-order valence-electron chi connectivity index (χ2n) is 12.3. The Kier molecular flexibility index (Phi) is 12.5. The number of benzene rings is 2. The number of nitrogens with one attached hydrogen (secondary N) is 1. The van der Waals surface area contributed by atoms with Crippen molar-refractivity contribution in [3.05, 3.63) is 90.1 Å². The van der Waals surface area contributed by atoms with Gasteiger partial charge in [-0.15, -0.1) is 0 Å². The quantitative estimate of drug-likeness (QED) is 0.177. The number of primary amides is 1. The van der Waals surface area contributed by atoms with Crippen LogP contribution in [0.15, 0.2) is 79.0 Å². The average molecular weight is 604 g/mol. The zero-order chi connectivity index (χ0) is 31.5. The zero-order valence-electron chi connectivity index (χ0n) is 26.6. The maximum atomic E-state index is 13.1. The number of ether oxygens (including phenoxy) is 1. The van der Waals surface area contributed by atoms with Crippen LogP contribution in [0.5, 0.6) is 0 Å². The van der Waals surface area contributed by atoms with Gasteiger partial charge in [-0.1, -0.05) is 81.4 Å². The maximum absolute atomic E-state index is 13.1. The molecule has 0 aliphatic rings. The van der Waals surface area contributed by atoms with Crippen molar-refractivity contribution in [1.29, 1.82) is 0 Å². The summed E-state index contributed by atoms with van der Waals surface area (Å²) in [4.78, 5) is 30.5. The lowest BCUT2D eigenvalue weighted by Gasteiger charge is -2.39. The predicted octanol–water partition coefficient (Wildman–Crippen LogP) is 7.31. The highest BCUT2D eigenvalue weighted by atomic mass is 28.4. The number of hydrogen-bond acceptors (Lipinski definition) is 5. The van der Waals surface area contributed by atoms with Gasteiger partial charge in [-0.05, 0) is 81.4 Å². The van der Waals surface area contributed by atoms with Crippen LogP contribution in [-0.2, 0) is 26.8 Å². The molecule has 0 aliphatic heterocycles. The largest absolute Gasteiger partial charge is 0.444 e. The van der Waals surface area contributed by atoms with Gasteiger partial charge in [0, 0.05) is 17.7 Å². The van der Waals surface area contributed by atoms with Crippen molar-refractivity contribution in [3.63, 3.8) is 0 Å². The van der Waals surface area contributed by atoms with Crippen molar-refractivity contribution in [3.8, 4) is 11.3 Å². The van der Waals surface area contributed by atoms with Crippen molar-refractivity contribution in [1.82, 2.24) is 10.3 Å². The van der Waals surface area contributed by atoms with E-state index in [2.05, 4.69) is 31.1 Å². The predicted molar refractivity (Wildman–Crippen MR) is 176 cm³/mol. The number of amides is 2. The van der Waals surface area contributed by atoms with E-state index in [0.29, 0.717) is 19.3 Å². The molecule has 0 saturated carbocycles. The molecule has 3 aromatic rings. The summed E-state index contributed by atoms with van der Waals surface area (Å²) in [6.45, 7) is 12.1. The number of rotatable bonds is 15. The summed E-state index contributed by atoms with van der Waals surface area (Å²) in [6.07, 6.45) is 2.25. The van der Waals surface area contributed by atoms with Gasteiger partial charge in [0.25, 0.3) is 0 Å². The molecule has 3 atom stereocenters. The fourth-order valence-electron chi connectivity index (χ4n) is 5.43. The lowest BCUT2D eigenvalue weighted by Crippen LogP contribution is -2.53. The summed E-state index contributed by atoms with van der Waals surface area (Å²) < 4.78 is 12.8. The monoisotopic (exact) mass is 603 g/mol. The standard InChI is InChI=1S/C35H49N3O4Si/c1-7-43(8-2,9-3)42-32(31(24-26-15-11-10-12-16-26)38-34(40)41-35(4,5)6)25-29(33(36)39)23-27-18-20-28(21-19-27)30-17-13-14-22-37-30/h10-22,29,31-32H,7-9,23-25H2,1-6H3,(H2,36,39)(H,38,40)/t29-,31-,32-/m0/s1. The molecular weight excluding hydrogens is 554 g/mol. The summed E-state index contributed by atoms with van der Waals surface area (Å²) in [7, 11) is -2.15. The molecule has 8 heteroatoms. The molecular formula is C35H49N3O4Si. The molecule has 2 aromatic carbocycles. The number of nitrogens with zero attached hydrogens (tertiary/aromatic N) is 1. The van der Waals surface area contributed by atoms with Crippen molar-refractivity contribution in [2.24, 2.45) is 11.7 Å². The summed E-state index contributed by atoms with van der Waals surface area (Å²) in [5, 5.41) is 3.13. The Morgan fingerprint density at radius 1 is 0.860 bits per heavy atom. The van der Waals surface area contributed by atoms with E-state index in [4.69, 9.17) is 14.9 Å². The normalized spacial score (nSPS) is 14.0. The molecule has 0 spiro atoms. The van der Waals surface area contributed by atoms with Crippen molar-refractivity contribution >= 4 is 20.3 Å². The summed E-state index contributed by atoms with van der Waals surface area (Å²) in [5.74, 6) is -0.864. The van der Waals surface area contributed by atoms with Crippen LogP contribution in [0, 0.1) is 5.92 Å². The third-order valence-corrected chi connectivity index (χ3v) is 12.8. The van der Waals surface area contributed by atoms with Crippen LogP contribution in [0.25, 0.3) is 11.3 Å². The molecule has 3 N–H and O–H groups in total. The Morgan fingerprint density at radius 2 is 1.47 bits per heavy atom. The molecule has 7 nitrogen and oxygen atoms in total. The van der Waals surface area contributed by atoms with Crippen LogP contribution in [-0.4, -0.2) is 43.0 Å². The molecule has 0 bridgehead atoms. The van der Waals surface area contributed by atoms with Gasteiger partial charge in [-0.3, -0.25) is 9.78 Å². The van der Waals surface area contributed by atoms with Gasteiger partial charge in [0.1, 0.15) is 5.60 Å². The van der Waals surface area contributed by atoms with E-state index in [9.17, 15) is 9.59 Å². The van der Waals surface area contributed by atoms with E-state index in [1.165, 1.54) is 0 Å². The van der Waals surface area contributed by atoms with Gasteiger partial charge < -0.3 is 20.2 Å². The Labute approximate surface area is 258 Å². The minimum absolute atomic E-state index is 0.380. The summed E-state index contributed by atoms with van der Waals surface area (Å²) in [5.41, 5.74) is 9.37. The fraction of sp³-hybridized carbons (Fsp3) is 0.457. The molecule has 0 fully saturated rings. The average Bonchev–Trinajstić information content (AvgIpc) is 2.99. The molecule has 0 radical (unpaired) electrons. The molecule has 43 heavy (non-hydrogen) atoms. The molecule has 0 saturated heterocycles. The van der Waals surface area contributed by atoms with E-state index >= 15 is 0 Å². The number of alkyl carbamates (subject to hydrolysis) is 1. The van der Waals surface area contributed by atoms with Crippen LogP contribution >= 0.6 is 0 Å². The van der Waals surface area contributed by atoms with Crippen molar-refractivity contribution in [2.75, 3.05) is 0 Å². The second-order valence-corrected chi connectivity index (χ2v) is 17.0. The smallest absolute Gasteiger partial charge is 0.407 e. The Balaban J connectivity index is 1.94. The Bertz CT molecular complexity index is 1270. The van der Waals surface area contributed by atoms with Gasteiger partial charge in [-0.25, -0.2) is 4.79 Å². The highest BCUT2D eigenvalue weighted by Gasteiger charge is 2.38.